The SMILES string of the molecule is CCC1NCCCN1. The van der Waals surface area contributed by atoms with Gasteiger partial charge >= 0.3 is 0 Å². The van der Waals surface area contributed by atoms with Crippen LogP contribution in [0.5, 0.6) is 0 Å². The minimum absolute atomic E-state index is 0.587. The van der Waals surface area contributed by atoms with Gasteiger partial charge in [0.2, 0.25) is 0 Å². The summed E-state index contributed by atoms with van der Waals surface area (Å²) in [7, 11) is 0. The number of hydrogen-bond acceptors (Lipinski definition) is 2. The van der Waals surface area contributed by atoms with Gasteiger partial charge < -0.3 is 10.6 Å². The molecule has 1 saturated heterocycles. The molecule has 2 N–H and O–H groups in total. The van der Waals surface area contributed by atoms with Gasteiger partial charge in [-0.1, -0.05) is 6.92 Å². The second-order valence-electron chi connectivity index (χ2n) is 2.22. The van der Waals surface area contributed by atoms with Gasteiger partial charge in [0.1, 0.15) is 0 Å². The van der Waals surface area contributed by atoms with Gasteiger partial charge in [-0.15, -0.1) is 0 Å². The zero-order valence-corrected chi connectivity index (χ0v) is 5.41. The maximum atomic E-state index is 3.36. The van der Waals surface area contributed by atoms with Gasteiger partial charge in [-0.2, -0.15) is 0 Å². The molecule has 0 aromatic heterocycles. The van der Waals surface area contributed by atoms with Crippen LogP contribution < -0.4 is 10.6 Å². The van der Waals surface area contributed by atoms with E-state index in [0.717, 1.165) is 0 Å². The first kappa shape index (κ1) is 6.05. The minimum Gasteiger partial charge on any atom is -0.302 e. The van der Waals surface area contributed by atoms with Gasteiger partial charge in [-0.3, -0.25) is 0 Å². The highest BCUT2D eigenvalue weighted by atomic mass is 15.1. The van der Waals surface area contributed by atoms with E-state index < -0.39 is 0 Å². The molecule has 1 rings (SSSR count). The highest BCUT2D eigenvalue weighted by molar-refractivity contribution is 4.67. The fourth-order valence-corrected chi connectivity index (χ4v) is 1.00. The molecule has 0 atom stereocenters. The molecule has 0 aromatic carbocycles. The largest absolute Gasteiger partial charge is 0.302 e. The van der Waals surface area contributed by atoms with Crippen LogP contribution in [-0.4, -0.2) is 19.3 Å². The fourth-order valence-electron chi connectivity index (χ4n) is 1.00. The van der Waals surface area contributed by atoms with Crippen molar-refractivity contribution in [1.29, 1.82) is 0 Å². The highest BCUT2D eigenvalue weighted by Gasteiger charge is 2.06. The molecule has 0 spiro atoms. The molecule has 1 heterocycles. The molecule has 8 heavy (non-hydrogen) atoms. The van der Waals surface area contributed by atoms with Gasteiger partial charge in [-0.25, -0.2) is 0 Å². The summed E-state index contributed by atoms with van der Waals surface area (Å²) in [5.41, 5.74) is 0. The summed E-state index contributed by atoms with van der Waals surface area (Å²) in [6.45, 7) is 4.56. The number of rotatable bonds is 1. The van der Waals surface area contributed by atoms with Crippen LogP contribution in [0.25, 0.3) is 0 Å². The van der Waals surface area contributed by atoms with E-state index in [9.17, 15) is 0 Å². The Balaban J connectivity index is 2.13. The predicted octanol–water partition coefficient (Wildman–Crippen LogP) is 0.305. The Morgan fingerprint density at radius 2 is 2.00 bits per heavy atom. The fraction of sp³-hybridized carbons (Fsp3) is 1.00. The first-order valence-electron chi connectivity index (χ1n) is 3.40. The van der Waals surface area contributed by atoms with Crippen molar-refractivity contribution in [2.45, 2.75) is 25.9 Å². The lowest BCUT2D eigenvalue weighted by Crippen LogP contribution is -2.47. The molecule has 0 aliphatic carbocycles. The van der Waals surface area contributed by atoms with Gasteiger partial charge in [0.05, 0.1) is 6.17 Å². The molecule has 0 aromatic rings. The van der Waals surface area contributed by atoms with Crippen LogP contribution in [0.15, 0.2) is 0 Å². The maximum Gasteiger partial charge on any atom is 0.0569 e. The van der Waals surface area contributed by atoms with Crippen molar-refractivity contribution in [2.75, 3.05) is 13.1 Å². The van der Waals surface area contributed by atoms with Crippen molar-refractivity contribution in [2.24, 2.45) is 0 Å². The van der Waals surface area contributed by atoms with Crippen LogP contribution in [0.4, 0.5) is 0 Å². The monoisotopic (exact) mass is 114 g/mol. The van der Waals surface area contributed by atoms with Crippen molar-refractivity contribution in [3.63, 3.8) is 0 Å². The Kier molecular flexibility index (Phi) is 2.30. The summed E-state index contributed by atoms with van der Waals surface area (Å²) in [6.07, 6.45) is 3.06. The van der Waals surface area contributed by atoms with Gasteiger partial charge in [0.15, 0.2) is 0 Å². The van der Waals surface area contributed by atoms with Crippen LogP contribution in [0.2, 0.25) is 0 Å². The summed E-state index contributed by atoms with van der Waals surface area (Å²) in [6, 6.07) is 0. The first-order valence-corrected chi connectivity index (χ1v) is 3.40. The summed E-state index contributed by atoms with van der Waals surface area (Å²) in [5, 5.41) is 6.72. The lowest BCUT2D eigenvalue weighted by molar-refractivity contribution is 0.361. The van der Waals surface area contributed by atoms with Gasteiger partial charge in [-0.05, 0) is 25.9 Å². The van der Waals surface area contributed by atoms with Crippen LogP contribution >= 0.6 is 0 Å². The standard InChI is InChI=1S/C6H14N2/c1-2-6-7-4-3-5-8-6/h6-8H,2-5H2,1H3. The third-order valence-electron chi connectivity index (χ3n) is 1.54. The van der Waals surface area contributed by atoms with Crippen molar-refractivity contribution >= 4 is 0 Å². The smallest absolute Gasteiger partial charge is 0.0569 e. The quantitative estimate of drug-likeness (QED) is 0.512. The van der Waals surface area contributed by atoms with E-state index in [-0.39, 0.29) is 0 Å². The summed E-state index contributed by atoms with van der Waals surface area (Å²) < 4.78 is 0. The molecule has 2 nitrogen and oxygen atoms in total. The van der Waals surface area contributed by atoms with Crippen molar-refractivity contribution in [3.8, 4) is 0 Å². The van der Waals surface area contributed by atoms with E-state index in [1.165, 1.54) is 25.9 Å². The van der Waals surface area contributed by atoms with E-state index in [4.69, 9.17) is 0 Å². The van der Waals surface area contributed by atoms with Crippen LogP contribution in [-0.2, 0) is 0 Å². The summed E-state index contributed by atoms with van der Waals surface area (Å²) in [5.74, 6) is 0. The van der Waals surface area contributed by atoms with Crippen molar-refractivity contribution in [3.05, 3.63) is 0 Å². The van der Waals surface area contributed by atoms with E-state index in [0.29, 0.717) is 6.17 Å². The van der Waals surface area contributed by atoms with E-state index in [1.807, 2.05) is 0 Å². The molecule has 0 amide bonds. The van der Waals surface area contributed by atoms with E-state index >= 15 is 0 Å². The van der Waals surface area contributed by atoms with Crippen LogP contribution in [0.1, 0.15) is 19.8 Å². The molecular weight excluding hydrogens is 100 g/mol. The molecule has 1 aliphatic heterocycles. The average molecular weight is 114 g/mol. The molecule has 2 heteroatoms. The normalized spacial score (nSPS) is 23.6. The Bertz CT molecular complexity index is 57.5. The summed E-state index contributed by atoms with van der Waals surface area (Å²) >= 11 is 0. The number of hydrogen-bond donors (Lipinski definition) is 2. The van der Waals surface area contributed by atoms with Gasteiger partial charge in [0, 0.05) is 0 Å². The van der Waals surface area contributed by atoms with Gasteiger partial charge in [0.25, 0.3) is 0 Å². The molecule has 0 unspecified atom stereocenters. The zero-order valence-electron chi connectivity index (χ0n) is 5.41. The van der Waals surface area contributed by atoms with E-state index in [1.54, 1.807) is 0 Å². The second kappa shape index (κ2) is 3.05. The van der Waals surface area contributed by atoms with E-state index in [2.05, 4.69) is 17.6 Å². The van der Waals surface area contributed by atoms with Crippen molar-refractivity contribution < 1.29 is 0 Å². The molecular formula is C6H14N2. The predicted molar refractivity (Wildman–Crippen MR) is 34.7 cm³/mol. The molecule has 0 saturated carbocycles. The molecule has 1 fully saturated rings. The molecule has 0 radical (unpaired) electrons. The lowest BCUT2D eigenvalue weighted by Gasteiger charge is -2.23. The molecule has 48 valence electrons. The third-order valence-corrected chi connectivity index (χ3v) is 1.54. The van der Waals surface area contributed by atoms with Crippen LogP contribution in [0, 0.1) is 0 Å². The molecule has 1 aliphatic rings. The van der Waals surface area contributed by atoms with Crippen LogP contribution in [0.3, 0.4) is 0 Å². The zero-order chi connectivity index (χ0) is 5.82. The Labute approximate surface area is 50.7 Å². The Hall–Kier alpha value is -0.0800. The first-order chi connectivity index (χ1) is 3.93. The Morgan fingerprint density at radius 3 is 2.38 bits per heavy atom. The molecule has 0 bridgehead atoms. The minimum atomic E-state index is 0.587. The average Bonchev–Trinajstić information content (AvgIpc) is 1.90. The highest BCUT2D eigenvalue weighted by Crippen LogP contribution is 1.91. The summed E-state index contributed by atoms with van der Waals surface area (Å²) in [4.78, 5) is 0. The lowest BCUT2D eigenvalue weighted by atomic mass is 10.3. The maximum absolute atomic E-state index is 3.36. The Morgan fingerprint density at radius 1 is 1.38 bits per heavy atom. The number of nitrogens with one attached hydrogen (secondary N) is 2. The second-order valence-corrected chi connectivity index (χ2v) is 2.22. The van der Waals surface area contributed by atoms with Crippen molar-refractivity contribution in [1.82, 2.24) is 10.6 Å². The third kappa shape index (κ3) is 1.46. The topological polar surface area (TPSA) is 24.1 Å².